The van der Waals surface area contributed by atoms with Crippen LogP contribution >= 0.6 is 11.6 Å². The topological polar surface area (TPSA) is 101 Å². The smallest absolute Gasteiger partial charge is 0.264 e. The third-order valence-electron chi connectivity index (χ3n) is 3.99. The highest BCUT2D eigenvalue weighted by molar-refractivity contribution is 7.92. The van der Waals surface area contributed by atoms with E-state index in [-0.39, 0.29) is 10.8 Å². The van der Waals surface area contributed by atoms with Gasteiger partial charge in [-0.1, -0.05) is 17.7 Å². The molecule has 3 aromatic rings. The first-order chi connectivity index (χ1) is 11.9. The largest absolute Gasteiger partial charge is 0.419 e. The Morgan fingerprint density at radius 1 is 1.28 bits per heavy atom. The van der Waals surface area contributed by atoms with Crippen molar-refractivity contribution in [2.45, 2.75) is 30.6 Å². The molecule has 0 saturated heterocycles. The van der Waals surface area contributed by atoms with Crippen molar-refractivity contribution in [2.75, 3.05) is 4.72 Å². The Balaban J connectivity index is 1.57. The number of anilines is 1. The number of aryl methyl sites for hydroxylation is 1. The minimum Gasteiger partial charge on any atom is -0.419 e. The van der Waals surface area contributed by atoms with E-state index in [9.17, 15) is 8.42 Å². The molecule has 0 atom stereocenters. The number of sulfonamides is 1. The van der Waals surface area contributed by atoms with Crippen molar-refractivity contribution in [3.05, 3.63) is 46.9 Å². The summed E-state index contributed by atoms with van der Waals surface area (Å²) in [5.74, 6) is 1.22. The first-order valence-corrected chi connectivity index (χ1v) is 9.60. The Bertz CT molecular complexity index is 1040. The van der Waals surface area contributed by atoms with Gasteiger partial charge in [0.05, 0.1) is 5.69 Å². The lowest BCUT2D eigenvalue weighted by molar-refractivity contribution is 0.507. The molecular weight excluding hydrogens is 364 g/mol. The summed E-state index contributed by atoms with van der Waals surface area (Å²) >= 11 is 6.04. The summed E-state index contributed by atoms with van der Waals surface area (Å²) in [4.78, 5) is 2.94. The predicted molar refractivity (Wildman–Crippen MR) is 93.1 cm³/mol. The summed E-state index contributed by atoms with van der Waals surface area (Å²) in [5, 5.41) is 8.46. The van der Waals surface area contributed by atoms with E-state index in [1.165, 1.54) is 12.3 Å². The standard InChI is InChI=1S/C16H15ClN4O3S/c1-9-2-5-11(6-13(9)17)21-25(22,23)12-7-14(18-8-12)16-20-19-15(24-16)10-3-4-10/h2,5-8,10,18,21H,3-4H2,1H3. The summed E-state index contributed by atoms with van der Waals surface area (Å²) < 4.78 is 33.1. The fraction of sp³-hybridized carbons (Fsp3) is 0.250. The van der Waals surface area contributed by atoms with Crippen molar-refractivity contribution in [3.63, 3.8) is 0 Å². The normalized spacial score (nSPS) is 14.6. The molecule has 0 aliphatic heterocycles. The second-order valence-corrected chi connectivity index (χ2v) is 8.13. The number of benzene rings is 1. The molecule has 1 saturated carbocycles. The van der Waals surface area contributed by atoms with Gasteiger partial charge in [0.15, 0.2) is 0 Å². The van der Waals surface area contributed by atoms with E-state index in [4.69, 9.17) is 16.0 Å². The SMILES string of the molecule is Cc1ccc(NS(=O)(=O)c2c[nH]c(-c3nnc(C4CC4)o3)c2)cc1Cl. The number of aromatic amines is 1. The zero-order valence-corrected chi connectivity index (χ0v) is 14.9. The fourth-order valence-electron chi connectivity index (χ4n) is 2.36. The molecule has 7 nitrogen and oxygen atoms in total. The molecule has 1 aliphatic carbocycles. The zero-order chi connectivity index (χ0) is 17.6. The second-order valence-electron chi connectivity index (χ2n) is 6.04. The quantitative estimate of drug-likeness (QED) is 0.704. The summed E-state index contributed by atoms with van der Waals surface area (Å²) in [6.07, 6.45) is 3.48. The van der Waals surface area contributed by atoms with Gasteiger partial charge >= 0.3 is 0 Å². The molecule has 0 radical (unpaired) electrons. The first kappa shape index (κ1) is 16.2. The number of halogens is 1. The first-order valence-electron chi connectivity index (χ1n) is 7.73. The van der Waals surface area contributed by atoms with Gasteiger partial charge in [0.2, 0.25) is 5.89 Å². The van der Waals surface area contributed by atoms with Crippen LogP contribution in [0.3, 0.4) is 0 Å². The molecule has 1 aliphatic rings. The number of aromatic nitrogens is 3. The van der Waals surface area contributed by atoms with Crippen molar-refractivity contribution in [1.82, 2.24) is 15.2 Å². The van der Waals surface area contributed by atoms with Gasteiger partial charge in [0, 0.05) is 17.1 Å². The number of hydrogen-bond donors (Lipinski definition) is 2. The Kier molecular flexibility index (Phi) is 3.81. The molecule has 2 N–H and O–H groups in total. The molecule has 2 aromatic heterocycles. The van der Waals surface area contributed by atoms with E-state index >= 15 is 0 Å². The van der Waals surface area contributed by atoms with E-state index in [2.05, 4.69) is 19.9 Å². The van der Waals surface area contributed by atoms with Crippen LogP contribution in [0.1, 0.15) is 30.2 Å². The predicted octanol–water partition coefficient (Wildman–Crippen LogP) is 3.70. The molecule has 0 spiro atoms. The number of nitrogens with zero attached hydrogens (tertiary/aromatic N) is 2. The highest BCUT2D eigenvalue weighted by Gasteiger charge is 2.30. The van der Waals surface area contributed by atoms with E-state index in [0.29, 0.717) is 28.2 Å². The van der Waals surface area contributed by atoms with E-state index in [1.807, 2.05) is 6.92 Å². The molecule has 1 fully saturated rings. The average molecular weight is 379 g/mol. The van der Waals surface area contributed by atoms with Gasteiger partial charge < -0.3 is 9.40 Å². The van der Waals surface area contributed by atoms with Crippen molar-refractivity contribution < 1.29 is 12.8 Å². The minimum absolute atomic E-state index is 0.0744. The van der Waals surface area contributed by atoms with Crippen molar-refractivity contribution in [2.24, 2.45) is 0 Å². The van der Waals surface area contributed by atoms with E-state index < -0.39 is 10.0 Å². The van der Waals surface area contributed by atoms with Gasteiger partial charge in [0.25, 0.3) is 15.9 Å². The van der Waals surface area contributed by atoms with Crippen LogP contribution < -0.4 is 4.72 Å². The van der Waals surface area contributed by atoms with Crippen molar-refractivity contribution in [1.29, 1.82) is 0 Å². The molecule has 9 heteroatoms. The second kappa shape index (κ2) is 5.89. The highest BCUT2D eigenvalue weighted by Crippen LogP contribution is 2.39. The lowest BCUT2D eigenvalue weighted by Crippen LogP contribution is -2.12. The van der Waals surface area contributed by atoms with Gasteiger partial charge in [-0.3, -0.25) is 4.72 Å². The van der Waals surface area contributed by atoms with Gasteiger partial charge in [-0.2, -0.15) is 0 Å². The van der Waals surface area contributed by atoms with Crippen LogP contribution in [0.15, 0.2) is 39.8 Å². The van der Waals surface area contributed by atoms with Gasteiger partial charge in [-0.25, -0.2) is 8.42 Å². The lowest BCUT2D eigenvalue weighted by atomic mass is 10.2. The van der Waals surface area contributed by atoms with Gasteiger partial charge in [-0.15, -0.1) is 10.2 Å². The summed E-state index contributed by atoms with van der Waals surface area (Å²) in [5.41, 5.74) is 1.73. The molecule has 4 rings (SSSR count). The zero-order valence-electron chi connectivity index (χ0n) is 13.3. The number of H-pyrrole nitrogens is 1. The molecule has 0 bridgehead atoms. The maximum absolute atomic E-state index is 12.5. The summed E-state index contributed by atoms with van der Waals surface area (Å²) in [6, 6.07) is 6.44. The molecule has 1 aromatic carbocycles. The molecule has 130 valence electrons. The Morgan fingerprint density at radius 2 is 2.08 bits per heavy atom. The van der Waals surface area contributed by atoms with Crippen LogP contribution in [0, 0.1) is 6.92 Å². The molecule has 0 unspecified atom stereocenters. The third kappa shape index (κ3) is 3.27. The van der Waals surface area contributed by atoms with Crippen molar-refractivity contribution >= 4 is 27.3 Å². The maximum Gasteiger partial charge on any atom is 0.264 e. The van der Waals surface area contributed by atoms with Crippen LogP contribution in [0.5, 0.6) is 0 Å². The van der Waals surface area contributed by atoms with Crippen LogP contribution in [-0.2, 0) is 10.0 Å². The van der Waals surface area contributed by atoms with Crippen LogP contribution in [-0.4, -0.2) is 23.6 Å². The molecule has 25 heavy (non-hydrogen) atoms. The maximum atomic E-state index is 12.5. The Hall–Kier alpha value is -2.32. The number of rotatable bonds is 5. The van der Waals surface area contributed by atoms with Crippen LogP contribution in [0.2, 0.25) is 5.02 Å². The minimum atomic E-state index is -3.76. The van der Waals surface area contributed by atoms with Crippen molar-refractivity contribution in [3.8, 4) is 11.6 Å². The van der Waals surface area contributed by atoms with E-state index in [0.717, 1.165) is 18.4 Å². The van der Waals surface area contributed by atoms with Crippen LogP contribution in [0.25, 0.3) is 11.6 Å². The van der Waals surface area contributed by atoms with E-state index in [1.54, 1.807) is 18.2 Å². The molecule has 0 amide bonds. The van der Waals surface area contributed by atoms with Gasteiger partial charge in [0.1, 0.15) is 10.6 Å². The third-order valence-corrected chi connectivity index (χ3v) is 5.76. The number of hydrogen-bond acceptors (Lipinski definition) is 5. The monoisotopic (exact) mass is 378 g/mol. The highest BCUT2D eigenvalue weighted by atomic mass is 35.5. The summed E-state index contributed by atoms with van der Waals surface area (Å²) in [7, 11) is -3.76. The number of nitrogens with one attached hydrogen (secondary N) is 2. The lowest BCUT2D eigenvalue weighted by Gasteiger charge is -2.07. The Morgan fingerprint density at radius 3 is 2.80 bits per heavy atom. The molecular formula is C16H15ClN4O3S. The Labute approximate surface area is 149 Å². The summed E-state index contributed by atoms with van der Waals surface area (Å²) in [6.45, 7) is 1.85. The molecule has 2 heterocycles. The fourth-order valence-corrected chi connectivity index (χ4v) is 3.58. The average Bonchev–Trinajstić information content (AvgIpc) is 3.10. The van der Waals surface area contributed by atoms with Crippen LogP contribution in [0.4, 0.5) is 5.69 Å². The van der Waals surface area contributed by atoms with Gasteiger partial charge in [-0.05, 0) is 43.5 Å².